The van der Waals surface area contributed by atoms with Gasteiger partial charge in [-0.2, -0.15) is 0 Å². The summed E-state index contributed by atoms with van der Waals surface area (Å²) in [6.45, 7) is 3.92. The highest BCUT2D eigenvalue weighted by Crippen LogP contribution is 2.39. The predicted molar refractivity (Wildman–Crippen MR) is 75.0 cm³/mol. The zero-order chi connectivity index (χ0) is 13.8. The van der Waals surface area contributed by atoms with Crippen molar-refractivity contribution in [2.45, 2.75) is 44.9 Å². The van der Waals surface area contributed by atoms with E-state index in [2.05, 4.69) is 0 Å². The van der Waals surface area contributed by atoms with E-state index < -0.39 is 11.4 Å². The summed E-state index contributed by atoms with van der Waals surface area (Å²) in [6, 6.07) is 5.21. The fraction of sp³-hybridized carbons (Fsp3) is 0.500. The van der Waals surface area contributed by atoms with E-state index in [1.807, 2.05) is 13.8 Å². The number of unbranched alkanes of at least 4 members (excludes halogenated alkanes) is 1. The van der Waals surface area contributed by atoms with Gasteiger partial charge in [0.2, 0.25) is 0 Å². The van der Waals surface area contributed by atoms with E-state index in [1.54, 1.807) is 18.2 Å². The topological polar surface area (TPSA) is 63.3 Å². The predicted octanol–water partition coefficient (Wildman–Crippen LogP) is 3.84. The normalized spacial score (nSPS) is 14.2. The minimum atomic E-state index is -0.926. The molecule has 0 radical (unpaired) electrons. The van der Waals surface area contributed by atoms with Crippen LogP contribution in [0.2, 0.25) is 5.02 Å². The van der Waals surface area contributed by atoms with Crippen LogP contribution in [0, 0.1) is 0 Å². The lowest BCUT2D eigenvalue weighted by atomic mass is 9.73. The number of nitrogens with two attached hydrogens (primary N) is 1. The zero-order valence-electron chi connectivity index (χ0n) is 10.9. The van der Waals surface area contributed by atoms with Gasteiger partial charge in [-0.25, -0.2) is 0 Å². The number of carbonyl (C=O) groups is 1. The summed E-state index contributed by atoms with van der Waals surface area (Å²) in [5, 5.41) is 10.0. The Kier molecular flexibility index (Phi) is 5.03. The molecule has 1 rings (SSSR count). The van der Waals surface area contributed by atoms with Crippen LogP contribution in [-0.2, 0) is 10.2 Å². The first kappa shape index (κ1) is 14.8. The highest BCUT2D eigenvalue weighted by Gasteiger charge is 2.39. The zero-order valence-corrected chi connectivity index (χ0v) is 11.6. The van der Waals surface area contributed by atoms with Gasteiger partial charge >= 0.3 is 5.97 Å². The second-order valence-corrected chi connectivity index (χ2v) is 4.95. The molecule has 0 aliphatic heterocycles. The Morgan fingerprint density at radius 2 is 2.11 bits per heavy atom. The van der Waals surface area contributed by atoms with Gasteiger partial charge in [0, 0.05) is 0 Å². The monoisotopic (exact) mass is 269 g/mol. The molecule has 0 aliphatic carbocycles. The number of benzene rings is 1. The third-order valence-corrected chi connectivity index (χ3v) is 3.87. The third-order valence-electron chi connectivity index (χ3n) is 3.54. The number of aliphatic carboxylic acids is 1. The van der Waals surface area contributed by atoms with Gasteiger partial charge in [-0.05, 0) is 24.5 Å². The van der Waals surface area contributed by atoms with Gasteiger partial charge in [0.05, 0.1) is 16.1 Å². The first-order valence-corrected chi connectivity index (χ1v) is 6.65. The molecule has 0 aromatic heterocycles. The molecule has 3 N–H and O–H groups in total. The Balaban J connectivity index is 3.32. The number of carboxylic acid groups (broad SMARTS) is 1. The van der Waals surface area contributed by atoms with E-state index in [9.17, 15) is 9.90 Å². The van der Waals surface area contributed by atoms with E-state index in [0.717, 1.165) is 12.8 Å². The summed E-state index contributed by atoms with van der Waals surface area (Å²) in [5.41, 5.74) is 6.06. The fourth-order valence-corrected chi connectivity index (χ4v) is 2.48. The second-order valence-electron chi connectivity index (χ2n) is 4.55. The molecule has 0 bridgehead atoms. The number of halogens is 1. The Morgan fingerprint density at radius 3 is 2.61 bits per heavy atom. The average Bonchev–Trinajstić information content (AvgIpc) is 2.35. The van der Waals surface area contributed by atoms with Gasteiger partial charge in [0.25, 0.3) is 0 Å². The fourth-order valence-electron chi connectivity index (χ4n) is 2.31. The maximum atomic E-state index is 11.7. The Morgan fingerprint density at radius 1 is 1.44 bits per heavy atom. The summed E-state index contributed by atoms with van der Waals surface area (Å²) in [7, 11) is 0. The molecule has 0 aliphatic rings. The van der Waals surface area contributed by atoms with E-state index in [-0.39, 0.29) is 0 Å². The summed E-state index contributed by atoms with van der Waals surface area (Å²) in [6.07, 6.45) is 2.90. The standard InChI is InChI=1S/C14H20ClNO2/c1-3-5-9-14(4-2,13(17)18)10-7-6-8-11(15)12(10)16/h6-8H,3-5,9,16H2,1-2H3,(H,17,18). The molecule has 0 saturated heterocycles. The van der Waals surface area contributed by atoms with Crippen LogP contribution in [0.3, 0.4) is 0 Å². The van der Waals surface area contributed by atoms with Gasteiger partial charge in [-0.1, -0.05) is 50.4 Å². The number of hydrogen-bond acceptors (Lipinski definition) is 2. The van der Waals surface area contributed by atoms with Crippen LogP contribution < -0.4 is 5.73 Å². The van der Waals surface area contributed by atoms with Crippen molar-refractivity contribution < 1.29 is 9.90 Å². The van der Waals surface area contributed by atoms with Crippen LogP contribution in [0.5, 0.6) is 0 Å². The van der Waals surface area contributed by atoms with E-state index in [1.165, 1.54) is 0 Å². The van der Waals surface area contributed by atoms with Gasteiger partial charge in [-0.3, -0.25) is 4.79 Å². The molecule has 18 heavy (non-hydrogen) atoms. The lowest BCUT2D eigenvalue weighted by Gasteiger charge is -2.30. The van der Waals surface area contributed by atoms with Crippen LogP contribution in [-0.4, -0.2) is 11.1 Å². The average molecular weight is 270 g/mol. The van der Waals surface area contributed by atoms with Gasteiger partial charge in [0.15, 0.2) is 0 Å². The quantitative estimate of drug-likeness (QED) is 0.771. The molecule has 1 unspecified atom stereocenters. The number of carboxylic acids is 1. The number of hydrogen-bond donors (Lipinski definition) is 2. The lowest BCUT2D eigenvalue weighted by molar-refractivity contribution is -0.144. The van der Waals surface area contributed by atoms with Crippen molar-refractivity contribution in [3.8, 4) is 0 Å². The van der Waals surface area contributed by atoms with Crippen molar-refractivity contribution in [2.24, 2.45) is 0 Å². The molecule has 100 valence electrons. The maximum absolute atomic E-state index is 11.7. The van der Waals surface area contributed by atoms with Crippen LogP contribution in [0.25, 0.3) is 0 Å². The van der Waals surface area contributed by atoms with Crippen molar-refractivity contribution in [2.75, 3.05) is 5.73 Å². The first-order chi connectivity index (χ1) is 8.49. The molecule has 0 heterocycles. The number of nitrogen functional groups attached to an aromatic ring is 1. The SMILES string of the molecule is CCCCC(CC)(C(=O)O)c1cccc(Cl)c1N. The van der Waals surface area contributed by atoms with Gasteiger partial charge in [-0.15, -0.1) is 0 Å². The van der Waals surface area contributed by atoms with Crippen LogP contribution >= 0.6 is 11.6 Å². The molecule has 0 fully saturated rings. The van der Waals surface area contributed by atoms with Crippen LogP contribution in [0.15, 0.2) is 18.2 Å². The van der Waals surface area contributed by atoms with Crippen molar-refractivity contribution in [1.29, 1.82) is 0 Å². The minimum absolute atomic E-state index is 0.388. The second kappa shape index (κ2) is 6.10. The van der Waals surface area contributed by atoms with Crippen molar-refractivity contribution in [3.05, 3.63) is 28.8 Å². The van der Waals surface area contributed by atoms with E-state index >= 15 is 0 Å². The maximum Gasteiger partial charge on any atom is 0.314 e. The summed E-state index contributed by atoms with van der Waals surface area (Å²) in [4.78, 5) is 11.7. The summed E-state index contributed by atoms with van der Waals surface area (Å²) >= 11 is 6.00. The molecule has 4 heteroatoms. The minimum Gasteiger partial charge on any atom is -0.481 e. The van der Waals surface area contributed by atoms with E-state index in [0.29, 0.717) is 29.1 Å². The van der Waals surface area contributed by atoms with Crippen molar-refractivity contribution in [1.82, 2.24) is 0 Å². The smallest absolute Gasteiger partial charge is 0.314 e. The largest absolute Gasteiger partial charge is 0.481 e. The third kappa shape index (κ3) is 2.61. The summed E-state index contributed by atoms with van der Waals surface area (Å²) in [5.74, 6) is -0.826. The molecule has 3 nitrogen and oxygen atoms in total. The van der Waals surface area contributed by atoms with E-state index in [4.69, 9.17) is 17.3 Å². The van der Waals surface area contributed by atoms with Gasteiger partial charge < -0.3 is 10.8 Å². The highest BCUT2D eigenvalue weighted by atomic mass is 35.5. The Labute approximate surface area is 113 Å². The van der Waals surface area contributed by atoms with Crippen LogP contribution in [0.1, 0.15) is 45.1 Å². The highest BCUT2D eigenvalue weighted by molar-refractivity contribution is 6.33. The summed E-state index contributed by atoms with van der Waals surface area (Å²) < 4.78 is 0. The Hall–Kier alpha value is -1.22. The Bertz CT molecular complexity index is 434. The van der Waals surface area contributed by atoms with Gasteiger partial charge in [0.1, 0.15) is 0 Å². The number of anilines is 1. The molecule has 0 spiro atoms. The first-order valence-electron chi connectivity index (χ1n) is 6.27. The lowest BCUT2D eigenvalue weighted by Crippen LogP contribution is -2.36. The molecule has 1 aromatic carbocycles. The van der Waals surface area contributed by atoms with Crippen molar-refractivity contribution in [3.63, 3.8) is 0 Å². The molecule has 0 amide bonds. The molecular formula is C14H20ClNO2. The number of rotatable bonds is 6. The molecule has 1 atom stereocenters. The molecule has 1 aromatic rings. The van der Waals surface area contributed by atoms with Crippen molar-refractivity contribution >= 4 is 23.3 Å². The molecule has 0 saturated carbocycles. The van der Waals surface area contributed by atoms with Crippen LogP contribution in [0.4, 0.5) is 5.69 Å². The number of para-hydroxylation sites is 1. The molecular weight excluding hydrogens is 250 g/mol.